The van der Waals surface area contributed by atoms with Gasteiger partial charge in [-0.05, 0) is 12.1 Å². The predicted octanol–water partition coefficient (Wildman–Crippen LogP) is -0.278. The normalized spacial score (nSPS) is 11.8. The summed E-state index contributed by atoms with van der Waals surface area (Å²) in [5.41, 5.74) is 5.51. The van der Waals surface area contributed by atoms with E-state index in [0.29, 0.717) is 6.54 Å². The largest absolute Gasteiger partial charge is 0.506 e. The summed E-state index contributed by atoms with van der Waals surface area (Å²) in [5.74, 6) is -1.70. The lowest BCUT2D eigenvalue weighted by atomic mass is 10.2. The average molecular weight is 267 g/mol. The zero-order valence-electron chi connectivity index (χ0n) is 10.3. The van der Waals surface area contributed by atoms with Crippen LogP contribution in [-0.4, -0.2) is 41.2 Å². The van der Waals surface area contributed by atoms with E-state index in [-0.39, 0.29) is 24.4 Å². The van der Waals surface area contributed by atoms with Crippen molar-refractivity contribution in [3.8, 4) is 5.75 Å². The van der Waals surface area contributed by atoms with E-state index >= 15 is 0 Å². The Bertz CT molecular complexity index is 450. The predicted molar refractivity (Wildman–Crippen MR) is 69.8 cm³/mol. The van der Waals surface area contributed by atoms with Crippen LogP contribution in [0.25, 0.3) is 0 Å². The molecular weight excluding hydrogens is 250 g/mol. The molecule has 1 amide bonds. The first-order valence-electron chi connectivity index (χ1n) is 5.78. The molecule has 0 aliphatic rings. The molecule has 0 fully saturated rings. The Kier molecular flexibility index (Phi) is 5.77. The zero-order chi connectivity index (χ0) is 14.3. The number of nitrogens with two attached hydrogens (primary N) is 1. The van der Waals surface area contributed by atoms with Gasteiger partial charge in [-0.15, -0.1) is 0 Å². The van der Waals surface area contributed by atoms with Gasteiger partial charge < -0.3 is 26.6 Å². The molecular formula is C12H17N3O4. The number of amides is 1. The quantitative estimate of drug-likeness (QED) is 0.433. The third-order valence-electron chi connectivity index (χ3n) is 2.40. The maximum Gasteiger partial charge on any atom is 0.321 e. The number of hydrogen-bond acceptors (Lipinski definition) is 5. The summed E-state index contributed by atoms with van der Waals surface area (Å²) in [5, 5.41) is 23.5. The molecule has 1 rings (SSSR count). The number of carboxylic acid groups (broad SMARTS) is 1. The van der Waals surface area contributed by atoms with Gasteiger partial charge in [-0.25, -0.2) is 0 Å². The van der Waals surface area contributed by atoms with Crippen molar-refractivity contribution in [3.05, 3.63) is 24.3 Å². The molecule has 0 spiro atoms. The molecule has 0 bridgehead atoms. The lowest BCUT2D eigenvalue weighted by molar-refractivity contribution is -0.141. The second kappa shape index (κ2) is 7.34. The monoisotopic (exact) mass is 267 g/mol. The van der Waals surface area contributed by atoms with Crippen LogP contribution in [0.15, 0.2) is 24.3 Å². The number of anilines is 1. The molecule has 1 aromatic rings. The number of aromatic hydroxyl groups is 1. The Morgan fingerprint density at radius 2 is 2.00 bits per heavy atom. The van der Waals surface area contributed by atoms with Crippen molar-refractivity contribution in [3.63, 3.8) is 0 Å². The van der Waals surface area contributed by atoms with Gasteiger partial charge >= 0.3 is 5.97 Å². The fraction of sp³-hybridized carbons (Fsp3) is 0.333. The Hall–Kier alpha value is -2.12. The minimum absolute atomic E-state index is 0.0716. The molecule has 1 aromatic carbocycles. The molecule has 0 saturated heterocycles. The van der Waals surface area contributed by atoms with Gasteiger partial charge in [0, 0.05) is 13.1 Å². The van der Waals surface area contributed by atoms with E-state index in [2.05, 4.69) is 10.6 Å². The smallest absolute Gasteiger partial charge is 0.321 e. The van der Waals surface area contributed by atoms with Crippen LogP contribution in [0.1, 0.15) is 6.42 Å². The van der Waals surface area contributed by atoms with E-state index in [1.54, 1.807) is 12.1 Å². The number of carbonyl (C=O) groups excluding carboxylic acids is 1. The standard InChI is InChI=1S/C12H17N3O4/c13-5-6-14-9(12(18)19)7-11(17)15-8-3-1-2-4-10(8)16/h1-4,9,14,16H,5-7,13H2,(H,15,17)(H,18,19)/t9-/m0/s1. The first-order valence-corrected chi connectivity index (χ1v) is 5.78. The van der Waals surface area contributed by atoms with Gasteiger partial charge in [0.25, 0.3) is 0 Å². The SMILES string of the molecule is NCCN[C@@H](CC(=O)Nc1ccccc1O)C(=O)O. The van der Waals surface area contributed by atoms with Gasteiger partial charge in [-0.3, -0.25) is 9.59 Å². The molecule has 104 valence electrons. The third-order valence-corrected chi connectivity index (χ3v) is 2.40. The maximum atomic E-state index is 11.7. The van der Waals surface area contributed by atoms with Crippen LogP contribution >= 0.6 is 0 Å². The summed E-state index contributed by atoms with van der Waals surface area (Å²) in [6.45, 7) is 0.589. The number of carboxylic acids is 1. The molecule has 1 atom stereocenters. The highest BCUT2D eigenvalue weighted by Gasteiger charge is 2.20. The Balaban J connectivity index is 2.58. The molecule has 0 aliphatic carbocycles. The van der Waals surface area contributed by atoms with Crippen LogP contribution < -0.4 is 16.4 Å². The van der Waals surface area contributed by atoms with E-state index < -0.39 is 17.9 Å². The van der Waals surface area contributed by atoms with Gasteiger partial charge in [0.2, 0.25) is 5.91 Å². The summed E-state index contributed by atoms with van der Waals surface area (Å²) < 4.78 is 0. The number of carbonyl (C=O) groups is 2. The van der Waals surface area contributed by atoms with E-state index in [0.717, 1.165) is 0 Å². The molecule has 0 aromatic heterocycles. The Morgan fingerprint density at radius 3 is 2.58 bits per heavy atom. The van der Waals surface area contributed by atoms with Crippen LogP contribution in [-0.2, 0) is 9.59 Å². The highest BCUT2D eigenvalue weighted by Crippen LogP contribution is 2.21. The number of phenols is 1. The van der Waals surface area contributed by atoms with Gasteiger partial charge in [0.15, 0.2) is 0 Å². The summed E-state index contributed by atoms with van der Waals surface area (Å²) >= 11 is 0. The van der Waals surface area contributed by atoms with Gasteiger partial charge in [0.05, 0.1) is 12.1 Å². The van der Waals surface area contributed by atoms with Crippen molar-refractivity contribution in [2.75, 3.05) is 18.4 Å². The summed E-state index contributed by atoms with van der Waals surface area (Å²) in [6, 6.07) is 5.21. The lowest BCUT2D eigenvalue weighted by Gasteiger charge is -2.14. The first-order chi connectivity index (χ1) is 9.04. The summed E-state index contributed by atoms with van der Waals surface area (Å²) in [6.07, 6.45) is -0.246. The second-order valence-electron chi connectivity index (χ2n) is 3.90. The Morgan fingerprint density at radius 1 is 1.32 bits per heavy atom. The molecule has 0 radical (unpaired) electrons. The molecule has 0 saturated carbocycles. The van der Waals surface area contributed by atoms with Crippen molar-refractivity contribution in [2.45, 2.75) is 12.5 Å². The number of hydrogen-bond donors (Lipinski definition) is 5. The van der Waals surface area contributed by atoms with Crippen molar-refractivity contribution < 1.29 is 19.8 Å². The van der Waals surface area contributed by atoms with E-state index in [1.807, 2.05) is 0 Å². The van der Waals surface area contributed by atoms with Gasteiger partial charge in [-0.1, -0.05) is 12.1 Å². The maximum absolute atomic E-state index is 11.7. The Labute approximate surface area is 110 Å². The third kappa shape index (κ3) is 4.94. The van der Waals surface area contributed by atoms with E-state index in [9.17, 15) is 14.7 Å². The minimum atomic E-state index is -1.12. The van der Waals surface area contributed by atoms with Crippen molar-refractivity contribution in [1.82, 2.24) is 5.32 Å². The van der Waals surface area contributed by atoms with Crippen LogP contribution in [0.5, 0.6) is 5.75 Å². The average Bonchev–Trinajstić information content (AvgIpc) is 2.37. The fourth-order valence-electron chi connectivity index (χ4n) is 1.47. The molecule has 7 nitrogen and oxygen atoms in total. The molecule has 0 aliphatic heterocycles. The van der Waals surface area contributed by atoms with E-state index in [4.69, 9.17) is 10.8 Å². The molecule has 6 N–H and O–H groups in total. The molecule has 19 heavy (non-hydrogen) atoms. The van der Waals surface area contributed by atoms with E-state index in [1.165, 1.54) is 12.1 Å². The van der Waals surface area contributed by atoms with Crippen LogP contribution in [0.4, 0.5) is 5.69 Å². The molecule has 0 unspecified atom stereocenters. The van der Waals surface area contributed by atoms with Crippen LogP contribution in [0, 0.1) is 0 Å². The minimum Gasteiger partial charge on any atom is -0.506 e. The van der Waals surface area contributed by atoms with Crippen LogP contribution in [0.2, 0.25) is 0 Å². The lowest BCUT2D eigenvalue weighted by Crippen LogP contribution is -2.41. The highest BCUT2D eigenvalue weighted by molar-refractivity contribution is 5.95. The summed E-state index contributed by atoms with van der Waals surface area (Å²) in [7, 11) is 0. The number of benzene rings is 1. The summed E-state index contributed by atoms with van der Waals surface area (Å²) in [4.78, 5) is 22.6. The van der Waals surface area contributed by atoms with Crippen molar-refractivity contribution in [2.24, 2.45) is 5.73 Å². The number of phenolic OH excluding ortho intramolecular Hbond substituents is 1. The zero-order valence-corrected chi connectivity index (χ0v) is 10.3. The number of nitrogens with one attached hydrogen (secondary N) is 2. The first kappa shape index (κ1) is 14.9. The van der Waals surface area contributed by atoms with Gasteiger partial charge in [-0.2, -0.15) is 0 Å². The second-order valence-corrected chi connectivity index (χ2v) is 3.90. The fourth-order valence-corrected chi connectivity index (χ4v) is 1.47. The highest BCUT2D eigenvalue weighted by atomic mass is 16.4. The van der Waals surface area contributed by atoms with Crippen molar-refractivity contribution in [1.29, 1.82) is 0 Å². The molecule has 0 heterocycles. The number of aliphatic carboxylic acids is 1. The van der Waals surface area contributed by atoms with Crippen LogP contribution in [0.3, 0.4) is 0 Å². The number of rotatable bonds is 7. The number of para-hydroxylation sites is 2. The van der Waals surface area contributed by atoms with Crippen molar-refractivity contribution >= 4 is 17.6 Å². The molecule has 7 heteroatoms. The topological polar surface area (TPSA) is 125 Å². The van der Waals surface area contributed by atoms with Gasteiger partial charge in [0.1, 0.15) is 11.8 Å².